The maximum Gasteiger partial charge on any atom is 0.419 e. The predicted molar refractivity (Wildman–Crippen MR) is 129 cm³/mol. The standard InChI is InChI=1S/C24H34F3N7O/c25-24(26,27)20-6-1-2-7-21(31-18-16-30-34(17-18)19-9-12-28-13-10-19)32-23(20)29-11-5-15-33-14-4-3-8-22(33)35/h6-7,16-17,19,28,31H,1-5,8-15H2,(H,29,32)/b20-6?,21-7-. The number of allylic oxidation sites excluding steroid dienone is 2. The number of alkyl halides is 3. The molecule has 3 aliphatic heterocycles. The van der Waals surface area contributed by atoms with E-state index in [0.717, 1.165) is 38.8 Å². The summed E-state index contributed by atoms with van der Waals surface area (Å²) in [6, 6.07) is 0.315. The van der Waals surface area contributed by atoms with E-state index < -0.39 is 11.7 Å². The summed E-state index contributed by atoms with van der Waals surface area (Å²) in [7, 11) is 0. The van der Waals surface area contributed by atoms with E-state index in [2.05, 4.69) is 26.0 Å². The average Bonchev–Trinajstić information content (AvgIpc) is 3.28. The van der Waals surface area contributed by atoms with Crippen LogP contribution in [0.3, 0.4) is 0 Å². The topological polar surface area (TPSA) is 86.6 Å². The van der Waals surface area contributed by atoms with Crippen LogP contribution in [-0.4, -0.2) is 65.3 Å². The van der Waals surface area contributed by atoms with Gasteiger partial charge in [0.25, 0.3) is 0 Å². The van der Waals surface area contributed by atoms with Gasteiger partial charge in [-0.15, -0.1) is 0 Å². The van der Waals surface area contributed by atoms with E-state index in [0.29, 0.717) is 49.9 Å². The van der Waals surface area contributed by atoms with E-state index in [9.17, 15) is 18.0 Å². The Labute approximate surface area is 203 Å². The highest BCUT2D eigenvalue weighted by atomic mass is 19.4. The molecule has 0 saturated carbocycles. The third-order valence-electron chi connectivity index (χ3n) is 6.52. The number of likely N-dealkylation sites (tertiary alicyclic amines) is 1. The van der Waals surface area contributed by atoms with E-state index in [1.54, 1.807) is 11.1 Å². The van der Waals surface area contributed by atoms with Gasteiger partial charge in [0.1, 0.15) is 11.7 Å². The second kappa shape index (κ2) is 11.7. The molecule has 0 aromatic carbocycles. The summed E-state index contributed by atoms with van der Waals surface area (Å²) < 4.78 is 43.4. The number of piperidine rings is 2. The second-order valence-electron chi connectivity index (χ2n) is 9.17. The van der Waals surface area contributed by atoms with Crippen molar-refractivity contribution in [1.82, 2.24) is 25.3 Å². The number of rotatable bonds is 7. The largest absolute Gasteiger partial charge is 0.419 e. The fraction of sp³-hybridized carbons (Fsp3) is 0.625. The minimum atomic E-state index is -4.52. The molecule has 0 unspecified atom stereocenters. The van der Waals surface area contributed by atoms with Gasteiger partial charge >= 0.3 is 6.18 Å². The number of hydrogen-bond donors (Lipinski definition) is 3. The van der Waals surface area contributed by atoms with Crippen molar-refractivity contribution in [3.05, 3.63) is 35.9 Å². The van der Waals surface area contributed by atoms with Crippen molar-refractivity contribution in [3.63, 3.8) is 0 Å². The van der Waals surface area contributed by atoms with Gasteiger partial charge in [0.05, 0.1) is 23.5 Å². The molecular formula is C24H34F3N7O. The van der Waals surface area contributed by atoms with Crippen LogP contribution in [0.15, 0.2) is 40.9 Å². The minimum Gasteiger partial charge on any atom is -0.343 e. The first kappa shape index (κ1) is 25.3. The number of nitrogens with one attached hydrogen (secondary N) is 3. The molecule has 11 heteroatoms. The summed E-state index contributed by atoms with van der Waals surface area (Å²) in [4.78, 5) is 18.0. The number of hydrogen-bond acceptors (Lipinski definition) is 5. The van der Waals surface area contributed by atoms with E-state index in [1.165, 1.54) is 6.08 Å². The molecule has 8 nitrogen and oxygen atoms in total. The summed E-state index contributed by atoms with van der Waals surface area (Å²) in [6.45, 7) is 3.30. The van der Waals surface area contributed by atoms with Crippen molar-refractivity contribution in [2.24, 2.45) is 4.99 Å². The quantitative estimate of drug-likeness (QED) is 0.504. The maximum absolute atomic E-state index is 13.8. The molecule has 3 aliphatic rings. The zero-order valence-electron chi connectivity index (χ0n) is 19.9. The van der Waals surface area contributed by atoms with Gasteiger partial charge in [-0.05, 0) is 64.1 Å². The smallest absolute Gasteiger partial charge is 0.343 e. The fourth-order valence-corrected chi connectivity index (χ4v) is 4.63. The molecule has 2 saturated heterocycles. The third kappa shape index (κ3) is 7.09. The highest BCUT2D eigenvalue weighted by Crippen LogP contribution is 2.28. The first-order valence-corrected chi connectivity index (χ1v) is 12.5. The van der Waals surface area contributed by atoms with Gasteiger partial charge in [-0.3, -0.25) is 14.5 Å². The molecule has 35 heavy (non-hydrogen) atoms. The van der Waals surface area contributed by atoms with Gasteiger partial charge in [-0.1, -0.05) is 6.08 Å². The Morgan fingerprint density at radius 1 is 1.17 bits per heavy atom. The Kier molecular flexibility index (Phi) is 8.48. The first-order valence-electron chi connectivity index (χ1n) is 12.5. The van der Waals surface area contributed by atoms with Crippen molar-refractivity contribution in [3.8, 4) is 0 Å². The average molecular weight is 494 g/mol. The van der Waals surface area contributed by atoms with Crippen molar-refractivity contribution in [2.45, 2.75) is 63.6 Å². The molecule has 2 fully saturated rings. The number of nitrogens with zero attached hydrogens (tertiary/aromatic N) is 4. The van der Waals surface area contributed by atoms with Crippen molar-refractivity contribution in [1.29, 1.82) is 0 Å². The summed E-state index contributed by atoms with van der Waals surface area (Å²) >= 11 is 0. The van der Waals surface area contributed by atoms with E-state index >= 15 is 0 Å². The van der Waals surface area contributed by atoms with Gasteiger partial charge in [0, 0.05) is 32.3 Å². The van der Waals surface area contributed by atoms with Gasteiger partial charge in [0.15, 0.2) is 0 Å². The lowest BCUT2D eigenvalue weighted by Gasteiger charge is -2.26. The number of aromatic nitrogens is 2. The second-order valence-corrected chi connectivity index (χ2v) is 9.17. The lowest BCUT2D eigenvalue weighted by Crippen LogP contribution is -2.37. The van der Waals surface area contributed by atoms with Gasteiger partial charge < -0.3 is 20.9 Å². The van der Waals surface area contributed by atoms with Crippen molar-refractivity contribution in [2.75, 3.05) is 38.0 Å². The Morgan fingerprint density at radius 3 is 2.74 bits per heavy atom. The minimum absolute atomic E-state index is 0.114. The Bertz CT molecular complexity index is 961. The molecule has 0 bridgehead atoms. The first-order chi connectivity index (χ1) is 16.9. The summed E-state index contributed by atoms with van der Waals surface area (Å²) in [6.07, 6.45) is 7.73. The van der Waals surface area contributed by atoms with E-state index in [-0.39, 0.29) is 24.7 Å². The van der Waals surface area contributed by atoms with Crippen LogP contribution in [0.25, 0.3) is 0 Å². The fourth-order valence-electron chi connectivity index (χ4n) is 4.63. The molecule has 0 atom stereocenters. The Hall–Kier alpha value is -2.82. The van der Waals surface area contributed by atoms with Crippen LogP contribution in [0.2, 0.25) is 0 Å². The molecule has 4 rings (SSSR count). The highest BCUT2D eigenvalue weighted by molar-refractivity contribution is 6.00. The summed E-state index contributed by atoms with van der Waals surface area (Å²) in [5.41, 5.74) is -0.0484. The SMILES string of the molecule is O=C1CCCCN1CCCN=C1N/C(Nc2cnn(C3CCNCC3)c2)=C\CCC=C1C(F)(F)F. The molecule has 3 N–H and O–H groups in total. The van der Waals surface area contributed by atoms with Gasteiger partial charge in [0.2, 0.25) is 5.91 Å². The predicted octanol–water partition coefficient (Wildman–Crippen LogP) is 3.73. The molecule has 1 aromatic heterocycles. The number of aliphatic imine (C=N–C) groups is 1. The molecule has 0 spiro atoms. The van der Waals surface area contributed by atoms with Crippen LogP contribution in [0, 0.1) is 0 Å². The van der Waals surface area contributed by atoms with Gasteiger partial charge in [-0.25, -0.2) is 0 Å². The van der Waals surface area contributed by atoms with Gasteiger partial charge in [-0.2, -0.15) is 18.3 Å². The zero-order valence-corrected chi connectivity index (χ0v) is 19.9. The highest BCUT2D eigenvalue weighted by Gasteiger charge is 2.37. The molecule has 192 valence electrons. The van der Waals surface area contributed by atoms with E-state index in [1.807, 2.05) is 17.0 Å². The van der Waals surface area contributed by atoms with Crippen LogP contribution in [0.5, 0.6) is 0 Å². The number of amides is 1. The summed E-state index contributed by atoms with van der Waals surface area (Å²) in [5.74, 6) is 0.365. The normalized spacial score (nSPS) is 23.2. The summed E-state index contributed by atoms with van der Waals surface area (Å²) in [5, 5.41) is 13.8. The Morgan fingerprint density at radius 2 is 1.97 bits per heavy atom. The molecule has 1 amide bonds. The monoisotopic (exact) mass is 493 g/mol. The van der Waals surface area contributed by atoms with Crippen LogP contribution in [0.4, 0.5) is 18.9 Å². The Balaban J connectivity index is 1.42. The van der Waals surface area contributed by atoms with E-state index in [4.69, 9.17) is 0 Å². The lowest BCUT2D eigenvalue weighted by molar-refractivity contribution is -0.133. The van der Waals surface area contributed by atoms with Crippen LogP contribution in [0.1, 0.15) is 57.4 Å². The molecule has 0 aliphatic carbocycles. The van der Waals surface area contributed by atoms with Crippen molar-refractivity contribution >= 4 is 17.4 Å². The lowest BCUT2D eigenvalue weighted by atomic mass is 10.1. The number of amidine groups is 1. The number of carbonyl (C=O) groups is 1. The van der Waals surface area contributed by atoms with Crippen molar-refractivity contribution < 1.29 is 18.0 Å². The van der Waals surface area contributed by atoms with Crippen LogP contribution in [-0.2, 0) is 4.79 Å². The van der Waals surface area contributed by atoms with Crippen LogP contribution >= 0.6 is 0 Å². The molecule has 0 radical (unpaired) electrons. The van der Waals surface area contributed by atoms with Crippen LogP contribution < -0.4 is 16.0 Å². The molecular weight excluding hydrogens is 459 g/mol. The number of halogens is 3. The maximum atomic E-state index is 13.8. The zero-order chi connectivity index (χ0) is 24.7. The number of anilines is 1. The third-order valence-corrected chi connectivity index (χ3v) is 6.52. The molecule has 1 aromatic rings. The number of carbonyl (C=O) groups excluding carboxylic acids is 1. The molecule has 4 heterocycles.